The van der Waals surface area contributed by atoms with Crippen molar-refractivity contribution in [1.82, 2.24) is 9.80 Å². The van der Waals surface area contributed by atoms with Crippen LogP contribution >= 0.6 is 0 Å². The van der Waals surface area contributed by atoms with Gasteiger partial charge in [-0.1, -0.05) is 18.2 Å². The van der Waals surface area contributed by atoms with E-state index in [-0.39, 0.29) is 11.8 Å². The summed E-state index contributed by atoms with van der Waals surface area (Å²) in [5, 5.41) is 0. The predicted molar refractivity (Wildman–Crippen MR) is 93.6 cm³/mol. The number of nitrogens with zero attached hydrogens (tertiary/aromatic N) is 3. The lowest BCUT2D eigenvalue weighted by atomic mass is 10.0. The van der Waals surface area contributed by atoms with Crippen LogP contribution in [0, 0.1) is 0 Å². The van der Waals surface area contributed by atoms with Gasteiger partial charge in [-0.3, -0.25) is 14.5 Å². The largest absolute Gasteiger partial charge is 0.369 e. The van der Waals surface area contributed by atoms with Crippen molar-refractivity contribution in [2.75, 3.05) is 44.2 Å². The van der Waals surface area contributed by atoms with Crippen LogP contribution < -0.4 is 10.6 Å². The van der Waals surface area contributed by atoms with E-state index in [9.17, 15) is 9.59 Å². The number of carbonyl (C=O) groups is 2. The second-order valence-corrected chi connectivity index (χ2v) is 6.60. The predicted octanol–water partition coefficient (Wildman–Crippen LogP) is 0.675. The molecule has 0 saturated carbocycles. The quantitative estimate of drug-likeness (QED) is 0.881. The summed E-state index contributed by atoms with van der Waals surface area (Å²) in [6.07, 6.45) is 2.62. The summed E-state index contributed by atoms with van der Waals surface area (Å²) in [7, 11) is 0. The highest BCUT2D eigenvalue weighted by molar-refractivity contribution is 5.87. The summed E-state index contributed by atoms with van der Waals surface area (Å²) in [6.45, 7) is 4.57. The number of para-hydroxylation sites is 1. The third-order valence-electron chi connectivity index (χ3n) is 5.00. The number of hydrogen-bond donors (Lipinski definition) is 1. The van der Waals surface area contributed by atoms with E-state index in [1.165, 1.54) is 5.69 Å². The number of amides is 2. The molecule has 3 rings (SSSR count). The summed E-state index contributed by atoms with van der Waals surface area (Å²) < 4.78 is 0. The zero-order chi connectivity index (χ0) is 16.9. The molecule has 130 valence electrons. The van der Waals surface area contributed by atoms with Crippen molar-refractivity contribution >= 4 is 17.5 Å². The van der Waals surface area contributed by atoms with Gasteiger partial charge in [-0.2, -0.15) is 0 Å². The van der Waals surface area contributed by atoms with E-state index in [2.05, 4.69) is 21.9 Å². The topological polar surface area (TPSA) is 69.9 Å². The Bertz CT molecular complexity index is 570. The van der Waals surface area contributed by atoms with Gasteiger partial charge in [-0.25, -0.2) is 0 Å². The molecule has 1 aromatic rings. The first kappa shape index (κ1) is 16.8. The van der Waals surface area contributed by atoms with Gasteiger partial charge in [0.05, 0.1) is 6.54 Å². The highest BCUT2D eigenvalue weighted by Crippen LogP contribution is 2.18. The number of likely N-dealkylation sites (tertiary alicyclic amines) is 1. The minimum atomic E-state index is -0.420. The van der Waals surface area contributed by atoms with Crippen molar-refractivity contribution in [2.45, 2.75) is 25.3 Å². The standard InChI is InChI=1S/C18H26N4O2/c19-18(24)16-8-4-5-9-22(16)17(23)14-20-10-12-21(13-11-20)15-6-2-1-3-7-15/h1-3,6-7,16H,4-5,8-14H2,(H2,19,24)/t16-/m1/s1. The Morgan fingerprint density at radius 2 is 1.71 bits per heavy atom. The minimum Gasteiger partial charge on any atom is -0.369 e. The zero-order valence-electron chi connectivity index (χ0n) is 14.1. The zero-order valence-corrected chi connectivity index (χ0v) is 14.1. The molecule has 0 spiro atoms. The van der Waals surface area contributed by atoms with Gasteiger partial charge in [-0.15, -0.1) is 0 Å². The first-order valence-electron chi connectivity index (χ1n) is 8.76. The summed E-state index contributed by atoms with van der Waals surface area (Å²) in [5.41, 5.74) is 6.69. The molecule has 2 heterocycles. The van der Waals surface area contributed by atoms with E-state index < -0.39 is 6.04 Å². The molecule has 2 amide bonds. The van der Waals surface area contributed by atoms with Crippen LogP contribution in [0.3, 0.4) is 0 Å². The minimum absolute atomic E-state index is 0.0339. The van der Waals surface area contributed by atoms with Crippen LogP contribution in [0.2, 0.25) is 0 Å². The highest BCUT2D eigenvalue weighted by Gasteiger charge is 2.31. The molecule has 2 saturated heterocycles. The number of carbonyl (C=O) groups excluding carboxylic acids is 2. The van der Waals surface area contributed by atoms with Gasteiger partial charge < -0.3 is 15.5 Å². The Morgan fingerprint density at radius 1 is 1.00 bits per heavy atom. The first-order chi connectivity index (χ1) is 11.6. The summed E-state index contributed by atoms with van der Waals surface area (Å²) in [4.78, 5) is 30.4. The highest BCUT2D eigenvalue weighted by atomic mass is 16.2. The van der Waals surface area contributed by atoms with Crippen LogP contribution in [0.5, 0.6) is 0 Å². The molecule has 1 atom stereocenters. The first-order valence-corrected chi connectivity index (χ1v) is 8.76. The Labute approximate surface area is 143 Å². The maximum Gasteiger partial charge on any atom is 0.240 e. The van der Waals surface area contributed by atoms with Gasteiger partial charge in [0.15, 0.2) is 0 Å². The number of piperidine rings is 1. The molecule has 2 aliphatic heterocycles. The van der Waals surface area contributed by atoms with Gasteiger partial charge in [-0.05, 0) is 31.4 Å². The van der Waals surface area contributed by atoms with E-state index in [0.29, 0.717) is 19.5 Å². The molecule has 1 aromatic carbocycles. The average molecular weight is 330 g/mol. The molecule has 2 fully saturated rings. The number of anilines is 1. The average Bonchev–Trinajstić information content (AvgIpc) is 2.63. The number of piperazine rings is 1. The molecule has 0 unspecified atom stereocenters. The SMILES string of the molecule is NC(=O)[C@H]1CCCCN1C(=O)CN1CCN(c2ccccc2)CC1. The molecule has 6 heteroatoms. The molecular weight excluding hydrogens is 304 g/mol. The van der Waals surface area contributed by atoms with Gasteiger partial charge in [0.25, 0.3) is 0 Å². The van der Waals surface area contributed by atoms with Crippen molar-refractivity contribution in [3.05, 3.63) is 30.3 Å². The van der Waals surface area contributed by atoms with Gasteiger partial charge >= 0.3 is 0 Å². The lowest BCUT2D eigenvalue weighted by molar-refractivity contribution is -0.142. The molecule has 2 N–H and O–H groups in total. The number of nitrogens with two attached hydrogens (primary N) is 1. The summed E-state index contributed by atoms with van der Waals surface area (Å²) >= 11 is 0. The van der Waals surface area contributed by atoms with Gasteiger partial charge in [0.2, 0.25) is 11.8 Å². The number of primary amides is 1. The number of hydrogen-bond acceptors (Lipinski definition) is 4. The monoisotopic (exact) mass is 330 g/mol. The molecule has 0 bridgehead atoms. The molecular formula is C18H26N4O2. The molecule has 2 aliphatic rings. The number of benzene rings is 1. The van der Waals surface area contributed by atoms with Crippen LogP contribution in [-0.4, -0.2) is 66.9 Å². The third kappa shape index (κ3) is 3.87. The lowest BCUT2D eigenvalue weighted by Gasteiger charge is -2.38. The molecule has 6 nitrogen and oxygen atoms in total. The van der Waals surface area contributed by atoms with E-state index in [0.717, 1.165) is 39.0 Å². The van der Waals surface area contributed by atoms with Gasteiger partial charge in [0, 0.05) is 38.4 Å². The van der Waals surface area contributed by atoms with Crippen LogP contribution in [0.1, 0.15) is 19.3 Å². The van der Waals surface area contributed by atoms with Crippen molar-refractivity contribution in [2.24, 2.45) is 5.73 Å². The second kappa shape index (κ2) is 7.66. The number of rotatable bonds is 4. The van der Waals surface area contributed by atoms with Crippen molar-refractivity contribution in [3.63, 3.8) is 0 Å². The Morgan fingerprint density at radius 3 is 2.38 bits per heavy atom. The summed E-state index contributed by atoms with van der Waals surface area (Å²) in [5.74, 6) is -0.344. The van der Waals surface area contributed by atoms with Gasteiger partial charge in [0.1, 0.15) is 6.04 Å². The fraction of sp³-hybridized carbons (Fsp3) is 0.556. The van der Waals surface area contributed by atoms with Crippen molar-refractivity contribution in [3.8, 4) is 0 Å². The van der Waals surface area contributed by atoms with E-state index >= 15 is 0 Å². The van der Waals surface area contributed by atoms with E-state index in [4.69, 9.17) is 5.73 Å². The summed E-state index contributed by atoms with van der Waals surface area (Å²) in [6, 6.07) is 9.93. The Balaban J connectivity index is 1.52. The fourth-order valence-corrected chi connectivity index (χ4v) is 3.61. The van der Waals surface area contributed by atoms with E-state index in [1.54, 1.807) is 4.90 Å². The maximum atomic E-state index is 12.6. The van der Waals surface area contributed by atoms with E-state index in [1.807, 2.05) is 18.2 Å². The van der Waals surface area contributed by atoms with Crippen LogP contribution in [0.4, 0.5) is 5.69 Å². The Kier molecular flexibility index (Phi) is 5.35. The molecule has 0 radical (unpaired) electrons. The molecule has 0 aliphatic carbocycles. The van der Waals surface area contributed by atoms with Crippen molar-refractivity contribution < 1.29 is 9.59 Å². The van der Waals surface area contributed by atoms with Crippen LogP contribution in [0.15, 0.2) is 30.3 Å². The van der Waals surface area contributed by atoms with Crippen LogP contribution in [-0.2, 0) is 9.59 Å². The third-order valence-corrected chi connectivity index (χ3v) is 5.00. The Hall–Kier alpha value is -2.08. The molecule has 0 aromatic heterocycles. The lowest BCUT2D eigenvalue weighted by Crippen LogP contribution is -2.55. The normalized spacial score (nSPS) is 22.4. The van der Waals surface area contributed by atoms with Crippen molar-refractivity contribution in [1.29, 1.82) is 0 Å². The fourth-order valence-electron chi connectivity index (χ4n) is 3.61. The maximum absolute atomic E-state index is 12.6. The molecule has 24 heavy (non-hydrogen) atoms. The second-order valence-electron chi connectivity index (χ2n) is 6.60. The smallest absolute Gasteiger partial charge is 0.240 e. The van der Waals surface area contributed by atoms with Crippen LogP contribution in [0.25, 0.3) is 0 Å².